The van der Waals surface area contributed by atoms with E-state index in [2.05, 4.69) is 10.3 Å². The third-order valence-electron chi connectivity index (χ3n) is 2.49. The van der Waals surface area contributed by atoms with Gasteiger partial charge in [0.1, 0.15) is 11.0 Å². The molecule has 0 radical (unpaired) electrons. The highest BCUT2D eigenvalue weighted by Crippen LogP contribution is 2.13. The second-order valence-electron chi connectivity index (χ2n) is 4.01. The van der Waals surface area contributed by atoms with E-state index in [1.807, 2.05) is 25.9 Å². The van der Waals surface area contributed by atoms with Crippen LogP contribution in [0, 0.1) is 5.82 Å². The van der Waals surface area contributed by atoms with Crippen LogP contribution in [0.25, 0.3) is 0 Å². The quantitative estimate of drug-likeness (QED) is 0.835. The highest BCUT2D eigenvalue weighted by atomic mass is 35.5. The molecule has 1 aromatic heterocycles. The fraction of sp³-hybridized carbons (Fsp3) is 0.455. The Balaban J connectivity index is 2.67. The first-order valence-corrected chi connectivity index (χ1v) is 5.55. The number of hydrogen-bond acceptors (Lipinski definition) is 3. The van der Waals surface area contributed by atoms with Crippen LogP contribution in [0.1, 0.15) is 17.3 Å². The van der Waals surface area contributed by atoms with Crippen LogP contribution in [0.3, 0.4) is 0 Å². The minimum atomic E-state index is -0.583. The predicted octanol–water partition coefficient (Wildman–Crippen LogP) is 1.55. The molecule has 0 aliphatic carbocycles. The fourth-order valence-electron chi connectivity index (χ4n) is 1.10. The topological polar surface area (TPSA) is 45.2 Å². The number of likely N-dealkylation sites (N-methyl/N-ethyl adjacent to an activating group) is 1. The lowest BCUT2D eigenvalue weighted by atomic mass is 10.2. The number of amides is 1. The molecule has 0 aliphatic heterocycles. The van der Waals surface area contributed by atoms with Gasteiger partial charge in [-0.3, -0.25) is 4.79 Å². The Morgan fingerprint density at radius 3 is 2.88 bits per heavy atom. The lowest BCUT2D eigenvalue weighted by molar-refractivity contribution is 0.0943. The van der Waals surface area contributed by atoms with Crippen LogP contribution in [0.4, 0.5) is 4.39 Å². The zero-order valence-corrected chi connectivity index (χ0v) is 10.8. The Hall–Kier alpha value is -1.20. The monoisotopic (exact) mass is 259 g/mol. The van der Waals surface area contributed by atoms with Gasteiger partial charge in [0.05, 0.1) is 11.8 Å². The molecule has 0 aromatic carbocycles. The SMILES string of the molecule is CC(CNC(=O)c1cc(F)cnc1Cl)N(C)C. The van der Waals surface area contributed by atoms with E-state index in [0.29, 0.717) is 6.54 Å². The average molecular weight is 260 g/mol. The van der Waals surface area contributed by atoms with Gasteiger partial charge in [0.15, 0.2) is 0 Å². The largest absolute Gasteiger partial charge is 0.350 e. The molecule has 1 N–H and O–H groups in total. The first-order valence-electron chi connectivity index (χ1n) is 5.17. The number of nitrogens with zero attached hydrogens (tertiary/aromatic N) is 2. The molecule has 4 nitrogen and oxygen atoms in total. The Labute approximate surface area is 105 Å². The molecule has 0 aliphatic rings. The van der Waals surface area contributed by atoms with Crippen LogP contribution in [0.5, 0.6) is 0 Å². The number of aromatic nitrogens is 1. The molecular weight excluding hydrogens is 245 g/mol. The van der Waals surface area contributed by atoms with Gasteiger partial charge in [-0.25, -0.2) is 9.37 Å². The number of pyridine rings is 1. The summed E-state index contributed by atoms with van der Waals surface area (Å²) in [6.07, 6.45) is 0.974. The fourth-order valence-corrected chi connectivity index (χ4v) is 1.29. The molecule has 1 rings (SSSR count). The third kappa shape index (κ3) is 3.94. The van der Waals surface area contributed by atoms with Crippen LogP contribution < -0.4 is 5.32 Å². The highest BCUT2D eigenvalue weighted by molar-refractivity contribution is 6.32. The second kappa shape index (κ2) is 5.93. The Bertz CT molecular complexity index is 412. The predicted molar refractivity (Wildman–Crippen MR) is 64.7 cm³/mol. The van der Waals surface area contributed by atoms with Gasteiger partial charge in [0.25, 0.3) is 5.91 Å². The van der Waals surface area contributed by atoms with Crippen molar-refractivity contribution in [1.82, 2.24) is 15.2 Å². The number of carbonyl (C=O) groups excluding carboxylic acids is 1. The van der Waals surface area contributed by atoms with Gasteiger partial charge in [0.2, 0.25) is 0 Å². The van der Waals surface area contributed by atoms with Crippen molar-refractivity contribution in [1.29, 1.82) is 0 Å². The summed E-state index contributed by atoms with van der Waals surface area (Å²) in [6, 6.07) is 1.25. The third-order valence-corrected chi connectivity index (χ3v) is 2.79. The van der Waals surface area contributed by atoms with Gasteiger partial charge < -0.3 is 10.2 Å². The maximum Gasteiger partial charge on any atom is 0.254 e. The maximum atomic E-state index is 12.9. The van der Waals surface area contributed by atoms with Gasteiger partial charge in [-0.05, 0) is 27.1 Å². The summed E-state index contributed by atoms with van der Waals surface area (Å²) in [4.78, 5) is 17.3. The number of halogens is 2. The van der Waals surface area contributed by atoms with E-state index in [1.165, 1.54) is 0 Å². The molecule has 1 amide bonds. The molecular formula is C11H15ClFN3O. The van der Waals surface area contributed by atoms with Crippen LogP contribution >= 0.6 is 11.6 Å². The molecule has 0 bridgehead atoms. The molecule has 1 heterocycles. The molecule has 1 atom stereocenters. The second-order valence-corrected chi connectivity index (χ2v) is 4.37. The Morgan fingerprint density at radius 1 is 1.65 bits per heavy atom. The van der Waals surface area contributed by atoms with Gasteiger partial charge >= 0.3 is 0 Å². The number of hydrogen-bond donors (Lipinski definition) is 1. The van der Waals surface area contributed by atoms with Crippen LogP contribution in [-0.2, 0) is 0 Å². The summed E-state index contributed by atoms with van der Waals surface area (Å²) >= 11 is 5.72. The van der Waals surface area contributed by atoms with Crippen LogP contribution in [0.15, 0.2) is 12.3 Å². The zero-order valence-electron chi connectivity index (χ0n) is 10.00. The summed E-state index contributed by atoms with van der Waals surface area (Å²) in [7, 11) is 3.82. The number of nitrogens with one attached hydrogen (secondary N) is 1. The van der Waals surface area contributed by atoms with Crippen molar-refractivity contribution < 1.29 is 9.18 Å². The summed E-state index contributed by atoms with van der Waals surface area (Å²) in [5.74, 6) is -1.00. The van der Waals surface area contributed by atoms with E-state index in [0.717, 1.165) is 12.3 Å². The first kappa shape index (κ1) is 13.9. The van der Waals surface area contributed by atoms with E-state index in [9.17, 15) is 9.18 Å². The molecule has 17 heavy (non-hydrogen) atoms. The summed E-state index contributed by atoms with van der Waals surface area (Å²) in [5.41, 5.74) is 0.0534. The van der Waals surface area contributed by atoms with Crippen molar-refractivity contribution in [2.75, 3.05) is 20.6 Å². The van der Waals surface area contributed by atoms with Crippen molar-refractivity contribution in [2.24, 2.45) is 0 Å². The molecule has 0 saturated carbocycles. The Morgan fingerprint density at radius 2 is 2.29 bits per heavy atom. The van der Waals surface area contributed by atoms with Gasteiger partial charge in [-0.2, -0.15) is 0 Å². The minimum Gasteiger partial charge on any atom is -0.350 e. The highest BCUT2D eigenvalue weighted by Gasteiger charge is 2.14. The van der Waals surface area contributed by atoms with Crippen molar-refractivity contribution in [3.05, 3.63) is 28.8 Å². The van der Waals surface area contributed by atoms with Crippen molar-refractivity contribution in [3.8, 4) is 0 Å². The standard InChI is InChI=1S/C11H15ClFN3O/c1-7(16(2)3)5-15-11(17)9-4-8(13)6-14-10(9)12/h4,6-7H,5H2,1-3H3,(H,15,17). The average Bonchev–Trinajstić information content (AvgIpc) is 2.28. The molecule has 1 unspecified atom stereocenters. The van der Waals surface area contributed by atoms with Crippen molar-refractivity contribution in [3.63, 3.8) is 0 Å². The molecule has 0 saturated heterocycles. The van der Waals surface area contributed by atoms with Crippen molar-refractivity contribution in [2.45, 2.75) is 13.0 Å². The molecule has 0 fully saturated rings. The maximum absolute atomic E-state index is 12.9. The van der Waals surface area contributed by atoms with Gasteiger partial charge in [0, 0.05) is 12.6 Å². The van der Waals surface area contributed by atoms with Gasteiger partial charge in [-0.1, -0.05) is 11.6 Å². The number of carbonyl (C=O) groups is 1. The van der Waals surface area contributed by atoms with E-state index < -0.39 is 11.7 Å². The zero-order chi connectivity index (χ0) is 13.0. The lowest BCUT2D eigenvalue weighted by Gasteiger charge is -2.20. The van der Waals surface area contributed by atoms with Crippen LogP contribution in [-0.4, -0.2) is 42.5 Å². The minimum absolute atomic E-state index is 0.00130. The smallest absolute Gasteiger partial charge is 0.254 e. The van der Waals surface area contributed by atoms with E-state index in [4.69, 9.17) is 11.6 Å². The molecule has 1 aromatic rings. The normalized spacial score (nSPS) is 12.6. The van der Waals surface area contributed by atoms with Crippen molar-refractivity contribution >= 4 is 17.5 Å². The summed E-state index contributed by atoms with van der Waals surface area (Å²) < 4.78 is 12.9. The Kier molecular flexibility index (Phi) is 4.84. The molecule has 6 heteroatoms. The number of rotatable bonds is 4. The summed E-state index contributed by atoms with van der Waals surface area (Å²) in [5, 5.41) is 2.68. The summed E-state index contributed by atoms with van der Waals surface area (Å²) in [6.45, 7) is 2.42. The van der Waals surface area contributed by atoms with E-state index in [1.54, 1.807) is 0 Å². The molecule has 0 spiro atoms. The first-order chi connectivity index (χ1) is 7.91. The lowest BCUT2D eigenvalue weighted by Crippen LogP contribution is -2.38. The van der Waals surface area contributed by atoms with Gasteiger partial charge in [-0.15, -0.1) is 0 Å². The molecule has 94 valence electrons. The van der Waals surface area contributed by atoms with Crippen LogP contribution in [0.2, 0.25) is 5.15 Å². The van der Waals surface area contributed by atoms with E-state index in [-0.39, 0.29) is 16.8 Å². The van der Waals surface area contributed by atoms with E-state index >= 15 is 0 Å².